The fourth-order valence-electron chi connectivity index (χ4n) is 3.66. The first kappa shape index (κ1) is 18.2. The van der Waals surface area contributed by atoms with Gasteiger partial charge in [-0.3, -0.25) is 4.57 Å². The highest BCUT2D eigenvalue weighted by Gasteiger charge is 2.35. The van der Waals surface area contributed by atoms with E-state index in [9.17, 15) is 4.57 Å². The molecule has 27 heavy (non-hydrogen) atoms. The van der Waals surface area contributed by atoms with Crippen LogP contribution in [0.1, 0.15) is 18.1 Å². The molecule has 2 aromatic carbocycles. The van der Waals surface area contributed by atoms with Gasteiger partial charge in [0.15, 0.2) is 0 Å². The number of rotatable bonds is 4. The lowest BCUT2D eigenvalue weighted by atomic mass is 10.2. The Morgan fingerprint density at radius 1 is 0.889 bits per heavy atom. The van der Waals surface area contributed by atoms with Crippen LogP contribution in [-0.2, 0) is 9.30 Å². The number of likely N-dealkylation sites (N-methyl/N-ethyl adjacent to an activating group) is 1. The number of nitrogens with zero attached hydrogens (tertiary/aromatic N) is 1. The van der Waals surface area contributed by atoms with Crippen molar-refractivity contribution in [2.24, 2.45) is 0 Å². The van der Waals surface area contributed by atoms with E-state index in [2.05, 4.69) is 11.6 Å². The molecule has 0 saturated carbocycles. The highest BCUT2D eigenvalue weighted by Crippen LogP contribution is 2.59. The van der Waals surface area contributed by atoms with Gasteiger partial charge in [-0.05, 0) is 6.92 Å². The van der Waals surface area contributed by atoms with Crippen LogP contribution in [0, 0.1) is 0 Å². The number of quaternary nitrogens is 1. The van der Waals surface area contributed by atoms with Crippen molar-refractivity contribution in [3.63, 3.8) is 0 Å². The molecule has 0 unspecified atom stereocenters. The number of piperazine rings is 1. The van der Waals surface area contributed by atoms with Gasteiger partial charge in [0.1, 0.15) is 11.5 Å². The minimum absolute atomic E-state index is 0.686. The van der Waals surface area contributed by atoms with Gasteiger partial charge < -0.3 is 9.64 Å². The van der Waals surface area contributed by atoms with Crippen molar-refractivity contribution in [3.8, 4) is 0 Å². The Balaban J connectivity index is 1.72. The summed E-state index contributed by atoms with van der Waals surface area (Å²) in [6, 6.07) is 19.9. The molecule has 1 N–H and O–H groups in total. The summed E-state index contributed by atoms with van der Waals surface area (Å²) in [5, 5.41) is 0. The topological polar surface area (TPSA) is 34.0 Å². The summed E-state index contributed by atoms with van der Waals surface area (Å²) in [6.45, 7) is 7.09. The van der Waals surface area contributed by atoms with E-state index in [1.807, 2.05) is 72.3 Å². The number of hydrogen-bond donors (Lipinski definition) is 1. The van der Waals surface area contributed by atoms with Crippen LogP contribution in [0.25, 0.3) is 11.5 Å². The number of ether oxygens (including phenoxy) is 1. The number of nitrogens with one attached hydrogen (secondary N) is 1. The Morgan fingerprint density at radius 3 is 1.81 bits per heavy atom. The monoisotopic (exact) mass is 381 g/mol. The number of benzene rings is 2. The van der Waals surface area contributed by atoms with Crippen LogP contribution >= 0.6 is 7.29 Å². The van der Waals surface area contributed by atoms with Crippen LogP contribution in [-0.4, -0.2) is 37.4 Å². The molecule has 1 saturated heterocycles. The lowest BCUT2D eigenvalue weighted by Crippen LogP contribution is -3.14. The first-order chi connectivity index (χ1) is 13.2. The second kappa shape index (κ2) is 7.85. The summed E-state index contributed by atoms with van der Waals surface area (Å²) in [5.74, 6) is 5.08. The van der Waals surface area contributed by atoms with E-state index in [4.69, 9.17) is 4.74 Å². The van der Waals surface area contributed by atoms with Crippen molar-refractivity contribution in [3.05, 3.63) is 83.4 Å². The third-order valence-corrected chi connectivity index (χ3v) is 7.82. The lowest BCUT2D eigenvalue weighted by molar-refractivity contribution is -0.901. The Bertz CT molecular complexity index is 826. The molecule has 140 valence electrons. The van der Waals surface area contributed by atoms with Gasteiger partial charge in [0.05, 0.1) is 32.7 Å². The first-order valence-corrected chi connectivity index (χ1v) is 11.4. The SMILES string of the molecule is CC[NH+]1CCN(P2(=O)C=C(c3ccccc3)OC(c3ccccc3)=C2)CC1. The fraction of sp³-hybridized carbons (Fsp3) is 0.273. The predicted octanol–water partition coefficient (Wildman–Crippen LogP) is 3.51. The van der Waals surface area contributed by atoms with E-state index < -0.39 is 7.29 Å². The molecule has 5 heteroatoms. The Morgan fingerprint density at radius 2 is 1.37 bits per heavy atom. The van der Waals surface area contributed by atoms with Crippen molar-refractivity contribution < 1.29 is 14.2 Å². The molecule has 0 aromatic heterocycles. The maximum Gasteiger partial charge on any atom is 0.201 e. The predicted molar refractivity (Wildman–Crippen MR) is 110 cm³/mol. The Kier molecular flexibility index (Phi) is 5.31. The van der Waals surface area contributed by atoms with Gasteiger partial charge in [-0.25, -0.2) is 4.67 Å². The molecule has 1 fully saturated rings. The van der Waals surface area contributed by atoms with Crippen molar-refractivity contribution >= 4 is 18.8 Å². The van der Waals surface area contributed by atoms with Crippen LogP contribution in [0.4, 0.5) is 0 Å². The van der Waals surface area contributed by atoms with Crippen LogP contribution in [0.5, 0.6) is 0 Å². The highest BCUT2D eigenvalue weighted by atomic mass is 31.2. The second-order valence-corrected chi connectivity index (χ2v) is 9.48. The molecule has 2 aliphatic heterocycles. The molecular formula is C22H26N2O2P+. The van der Waals surface area contributed by atoms with E-state index >= 15 is 0 Å². The van der Waals surface area contributed by atoms with E-state index in [-0.39, 0.29) is 0 Å². The third kappa shape index (κ3) is 3.93. The van der Waals surface area contributed by atoms with Gasteiger partial charge in [-0.15, -0.1) is 0 Å². The quantitative estimate of drug-likeness (QED) is 0.823. The molecule has 0 aliphatic carbocycles. The molecule has 2 aromatic rings. The van der Waals surface area contributed by atoms with Gasteiger partial charge in [-0.2, -0.15) is 0 Å². The summed E-state index contributed by atoms with van der Waals surface area (Å²) in [5.41, 5.74) is 1.91. The molecule has 2 heterocycles. The second-order valence-electron chi connectivity index (χ2n) is 7.05. The first-order valence-electron chi connectivity index (χ1n) is 9.61. The van der Waals surface area contributed by atoms with E-state index in [1.165, 1.54) is 0 Å². The van der Waals surface area contributed by atoms with Crippen LogP contribution in [0.15, 0.2) is 72.3 Å². The fourth-order valence-corrected chi connectivity index (χ4v) is 5.96. The van der Waals surface area contributed by atoms with Crippen molar-refractivity contribution in [2.75, 3.05) is 32.7 Å². The van der Waals surface area contributed by atoms with Gasteiger partial charge in [0.25, 0.3) is 0 Å². The van der Waals surface area contributed by atoms with Gasteiger partial charge >= 0.3 is 0 Å². The van der Waals surface area contributed by atoms with E-state index in [0.29, 0.717) is 11.5 Å². The molecular weight excluding hydrogens is 355 g/mol. The van der Waals surface area contributed by atoms with Crippen LogP contribution < -0.4 is 4.90 Å². The van der Waals surface area contributed by atoms with E-state index in [0.717, 1.165) is 43.9 Å². The Hall–Kier alpha value is -2.13. The number of hydrogen-bond acceptors (Lipinski definition) is 2. The summed E-state index contributed by atoms with van der Waals surface area (Å²) < 4.78 is 22.4. The highest BCUT2D eigenvalue weighted by molar-refractivity contribution is 7.68. The van der Waals surface area contributed by atoms with Gasteiger partial charge in [0.2, 0.25) is 7.29 Å². The molecule has 0 amide bonds. The van der Waals surface area contributed by atoms with Crippen molar-refractivity contribution in [1.82, 2.24) is 4.67 Å². The summed E-state index contributed by atoms with van der Waals surface area (Å²) in [4.78, 5) is 1.57. The maximum absolute atomic E-state index is 14.0. The van der Waals surface area contributed by atoms with Gasteiger partial charge in [-0.1, -0.05) is 60.7 Å². The lowest BCUT2D eigenvalue weighted by Gasteiger charge is -2.36. The molecule has 4 nitrogen and oxygen atoms in total. The summed E-state index contributed by atoms with van der Waals surface area (Å²) in [6.07, 6.45) is 0. The summed E-state index contributed by atoms with van der Waals surface area (Å²) in [7, 11) is -2.80. The third-order valence-electron chi connectivity index (χ3n) is 5.33. The zero-order chi connectivity index (χ0) is 18.7. The average Bonchev–Trinajstić information content (AvgIpc) is 2.75. The Labute approximate surface area is 161 Å². The molecule has 0 atom stereocenters. The molecule has 2 aliphatic rings. The van der Waals surface area contributed by atoms with Crippen molar-refractivity contribution in [2.45, 2.75) is 6.92 Å². The standard InChI is InChI=1S/C22H25N2O2P/c1-2-23-13-15-24(16-14-23)27(25)17-21(19-9-5-3-6-10-19)26-22(18-27)20-11-7-4-8-12-20/h3-12,17-18H,2,13-16H2,1H3/p+1. The molecule has 0 radical (unpaired) electrons. The normalized spacial score (nSPS) is 20.5. The smallest absolute Gasteiger partial charge is 0.201 e. The van der Waals surface area contributed by atoms with E-state index in [1.54, 1.807) is 4.90 Å². The minimum Gasteiger partial charge on any atom is -0.456 e. The zero-order valence-corrected chi connectivity index (χ0v) is 16.6. The molecule has 4 rings (SSSR count). The average molecular weight is 381 g/mol. The zero-order valence-electron chi connectivity index (χ0n) is 15.7. The molecule has 0 bridgehead atoms. The summed E-state index contributed by atoms with van der Waals surface area (Å²) >= 11 is 0. The largest absolute Gasteiger partial charge is 0.456 e. The van der Waals surface area contributed by atoms with Crippen LogP contribution in [0.2, 0.25) is 0 Å². The maximum atomic E-state index is 14.0. The van der Waals surface area contributed by atoms with Gasteiger partial charge in [0, 0.05) is 22.8 Å². The van der Waals surface area contributed by atoms with Crippen LogP contribution in [0.3, 0.4) is 0 Å². The minimum atomic E-state index is -2.80. The van der Waals surface area contributed by atoms with Crippen molar-refractivity contribution in [1.29, 1.82) is 0 Å². The molecule has 0 spiro atoms.